The van der Waals surface area contributed by atoms with Crippen molar-refractivity contribution in [2.45, 2.75) is 25.2 Å². The molecule has 0 saturated heterocycles. The van der Waals surface area contributed by atoms with E-state index in [1.807, 2.05) is 0 Å². The van der Waals surface area contributed by atoms with Gasteiger partial charge in [0.1, 0.15) is 22.0 Å². The third kappa shape index (κ3) is 5.99. The molecule has 0 aliphatic heterocycles. The van der Waals surface area contributed by atoms with Crippen LogP contribution in [0.1, 0.15) is 29.8 Å². The van der Waals surface area contributed by atoms with Gasteiger partial charge in [-0.2, -0.15) is 8.42 Å². The van der Waals surface area contributed by atoms with E-state index in [-0.39, 0.29) is 22.0 Å². The molecule has 3 N–H and O–H groups in total. The Bertz CT molecular complexity index is 1720. The van der Waals surface area contributed by atoms with Gasteiger partial charge in [-0.15, -0.1) is 10.2 Å². The number of aryl methyl sites for hydroxylation is 1. The molecule has 0 saturated carbocycles. The van der Waals surface area contributed by atoms with Gasteiger partial charge in [0.25, 0.3) is 16.0 Å². The van der Waals surface area contributed by atoms with Gasteiger partial charge in [-0.1, -0.05) is 60.5 Å². The zero-order valence-electron chi connectivity index (χ0n) is 20.8. The summed E-state index contributed by atoms with van der Waals surface area (Å²) >= 11 is 12.4. The predicted molar refractivity (Wildman–Crippen MR) is 151 cm³/mol. The van der Waals surface area contributed by atoms with Crippen molar-refractivity contribution in [1.82, 2.24) is 0 Å². The summed E-state index contributed by atoms with van der Waals surface area (Å²) in [6.07, 6.45) is 0.418. The molecule has 0 heterocycles. The monoisotopic (exact) mass is 587 g/mol. The molecule has 0 aliphatic rings. The molecular formula is C27H23Cl2N3O6S. The molecule has 4 aromatic carbocycles. The number of benzene rings is 4. The van der Waals surface area contributed by atoms with Crippen molar-refractivity contribution in [3.8, 4) is 11.5 Å². The number of fused-ring (bicyclic) bond motifs is 1. The highest BCUT2D eigenvalue weighted by atomic mass is 35.5. The van der Waals surface area contributed by atoms with Crippen molar-refractivity contribution in [3.05, 3.63) is 81.8 Å². The quantitative estimate of drug-likeness (QED) is 0.142. The van der Waals surface area contributed by atoms with Crippen molar-refractivity contribution in [2.24, 2.45) is 10.2 Å². The molecule has 9 nitrogen and oxygen atoms in total. The highest BCUT2D eigenvalue weighted by Gasteiger charge is 2.23. The number of carbonyl (C=O) groups excluding carboxylic acids is 1. The third-order valence-electron chi connectivity index (χ3n) is 5.78. The van der Waals surface area contributed by atoms with Crippen molar-refractivity contribution in [1.29, 1.82) is 0 Å². The number of halogens is 2. The van der Waals surface area contributed by atoms with Gasteiger partial charge < -0.3 is 15.2 Å². The maximum absolute atomic E-state index is 13.2. The predicted octanol–water partition coefficient (Wildman–Crippen LogP) is 7.73. The molecule has 0 fully saturated rings. The minimum absolute atomic E-state index is 0.0821. The summed E-state index contributed by atoms with van der Waals surface area (Å²) in [6.45, 7) is 3.96. The van der Waals surface area contributed by atoms with E-state index in [1.165, 1.54) is 12.1 Å². The fraction of sp³-hybridized carbons (Fsp3) is 0.148. The molecule has 4 aromatic rings. The van der Waals surface area contributed by atoms with Gasteiger partial charge in [-0.3, -0.25) is 9.35 Å². The van der Waals surface area contributed by atoms with Gasteiger partial charge in [0.2, 0.25) is 0 Å². The van der Waals surface area contributed by atoms with Crippen LogP contribution in [-0.2, 0) is 16.5 Å². The number of nitrogens with one attached hydrogen (secondary N) is 1. The molecule has 0 spiro atoms. The van der Waals surface area contributed by atoms with Crippen molar-refractivity contribution in [2.75, 3.05) is 11.9 Å². The maximum Gasteiger partial charge on any atom is 0.298 e. The molecule has 4 rings (SSSR count). The van der Waals surface area contributed by atoms with Gasteiger partial charge in [-0.25, -0.2) is 0 Å². The van der Waals surface area contributed by atoms with Crippen LogP contribution in [0.2, 0.25) is 10.0 Å². The Morgan fingerprint density at radius 1 is 1.03 bits per heavy atom. The van der Waals surface area contributed by atoms with Crippen molar-refractivity contribution >= 4 is 67.1 Å². The maximum atomic E-state index is 13.2. The number of amides is 1. The molecular weight excluding hydrogens is 565 g/mol. The standard InChI is InChI=1S/C27H23Cl2N3O6S/c1-3-15-9-12-21(26(23(15)29)39(35,36)37)31-32-24-18-8-6-5-7-16(18)13-19(25(24)33)27(34)30-17-10-11-20(28)22(14-17)38-4-2/h5-14,33H,3-4H2,1-2H3,(H,30,34)(H,35,36,37). The van der Waals surface area contributed by atoms with E-state index < -0.39 is 26.7 Å². The number of ether oxygens (including phenoxy) is 1. The fourth-order valence-electron chi connectivity index (χ4n) is 3.93. The smallest absolute Gasteiger partial charge is 0.298 e. The Kier molecular flexibility index (Phi) is 8.41. The van der Waals surface area contributed by atoms with Gasteiger partial charge in [0.15, 0.2) is 5.75 Å². The van der Waals surface area contributed by atoms with E-state index >= 15 is 0 Å². The lowest BCUT2D eigenvalue weighted by atomic mass is 10.0. The number of rotatable bonds is 8. The van der Waals surface area contributed by atoms with E-state index in [0.717, 1.165) is 0 Å². The van der Waals surface area contributed by atoms with E-state index in [9.17, 15) is 22.9 Å². The molecule has 0 aliphatic carbocycles. The van der Waals surface area contributed by atoms with Crippen molar-refractivity contribution < 1.29 is 27.6 Å². The lowest BCUT2D eigenvalue weighted by Gasteiger charge is -2.13. The first-order chi connectivity index (χ1) is 18.5. The van der Waals surface area contributed by atoms with Crippen LogP contribution in [0.25, 0.3) is 10.8 Å². The summed E-state index contributed by atoms with van der Waals surface area (Å²) < 4.78 is 39.4. The fourth-order valence-corrected chi connectivity index (χ4v) is 5.41. The Balaban J connectivity index is 1.81. The van der Waals surface area contributed by atoms with Gasteiger partial charge in [-0.05, 0) is 48.6 Å². The van der Waals surface area contributed by atoms with Crippen LogP contribution >= 0.6 is 23.2 Å². The lowest BCUT2D eigenvalue weighted by molar-refractivity contribution is 0.102. The Labute approximate surface area is 234 Å². The molecule has 1 amide bonds. The number of carbonyl (C=O) groups is 1. The summed E-state index contributed by atoms with van der Waals surface area (Å²) in [5, 5.41) is 23.1. The number of hydrogen-bond acceptors (Lipinski definition) is 7. The Morgan fingerprint density at radius 2 is 1.77 bits per heavy atom. The van der Waals surface area contributed by atoms with E-state index in [2.05, 4.69) is 15.5 Å². The first-order valence-corrected chi connectivity index (χ1v) is 13.9. The molecule has 0 atom stereocenters. The highest BCUT2D eigenvalue weighted by Crippen LogP contribution is 2.41. The number of hydrogen-bond donors (Lipinski definition) is 3. The van der Waals surface area contributed by atoms with E-state index in [4.69, 9.17) is 27.9 Å². The summed E-state index contributed by atoms with van der Waals surface area (Å²) in [7, 11) is -4.75. The third-order valence-corrected chi connectivity index (χ3v) is 7.57. The number of anilines is 1. The molecule has 12 heteroatoms. The van der Waals surface area contributed by atoms with Gasteiger partial charge in [0.05, 0.1) is 22.2 Å². The second kappa shape index (κ2) is 11.6. The molecule has 0 bridgehead atoms. The number of phenols is 1. The van der Waals surface area contributed by atoms with E-state index in [1.54, 1.807) is 62.4 Å². The highest BCUT2D eigenvalue weighted by molar-refractivity contribution is 7.86. The van der Waals surface area contributed by atoms with E-state index in [0.29, 0.717) is 45.8 Å². The van der Waals surface area contributed by atoms with Crippen LogP contribution in [0.4, 0.5) is 17.1 Å². The SMILES string of the molecule is CCOc1cc(NC(=O)c2cc3ccccc3c(N=Nc3ccc(CC)c(Cl)c3S(=O)(=O)O)c2O)ccc1Cl. The van der Waals surface area contributed by atoms with Gasteiger partial charge in [0, 0.05) is 17.1 Å². The molecule has 0 radical (unpaired) electrons. The van der Waals surface area contributed by atoms with Crippen LogP contribution < -0.4 is 10.1 Å². The molecule has 0 unspecified atom stereocenters. The first-order valence-electron chi connectivity index (χ1n) is 11.7. The van der Waals surface area contributed by atoms with Crippen LogP contribution in [-0.4, -0.2) is 30.6 Å². The average Bonchev–Trinajstić information content (AvgIpc) is 2.89. The molecule has 202 valence electrons. The minimum atomic E-state index is -4.75. The summed E-state index contributed by atoms with van der Waals surface area (Å²) in [5.41, 5.74) is 0.450. The average molecular weight is 588 g/mol. The summed E-state index contributed by atoms with van der Waals surface area (Å²) in [6, 6.07) is 16.0. The number of aromatic hydroxyl groups is 1. The van der Waals surface area contributed by atoms with Crippen LogP contribution in [0.15, 0.2) is 75.8 Å². The minimum Gasteiger partial charge on any atom is -0.505 e. The Morgan fingerprint density at radius 3 is 2.46 bits per heavy atom. The van der Waals surface area contributed by atoms with Crippen LogP contribution in [0.5, 0.6) is 11.5 Å². The molecule has 39 heavy (non-hydrogen) atoms. The normalized spacial score (nSPS) is 11.7. The zero-order chi connectivity index (χ0) is 28.3. The number of nitrogens with zero attached hydrogens (tertiary/aromatic N) is 2. The lowest BCUT2D eigenvalue weighted by Crippen LogP contribution is -2.12. The van der Waals surface area contributed by atoms with Gasteiger partial charge >= 0.3 is 0 Å². The Hall–Kier alpha value is -3.70. The molecule has 0 aromatic heterocycles. The first kappa shape index (κ1) is 28.3. The van der Waals surface area contributed by atoms with Crippen LogP contribution in [0.3, 0.4) is 0 Å². The second-order valence-corrected chi connectivity index (χ2v) is 10.4. The zero-order valence-corrected chi connectivity index (χ0v) is 23.1. The number of phenolic OH excluding ortho intramolecular Hbond substituents is 1. The topological polar surface area (TPSA) is 138 Å². The van der Waals surface area contributed by atoms with Crippen LogP contribution in [0, 0.1) is 0 Å². The number of azo groups is 1. The largest absolute Gasteiger partial charge is 0.505 e. The summed E-state index contributed by atoms with van der Waals surface area (Å²) in [5.74, 6) is -0.747. The second-order valence-electron chi connectivity index (χ2n) is 8.29. The summed E-state index contributed by atoms with van der Waals surface area (Å²) in [4.78, 5) is 12.6. The van der Waals surface area contributed by atoms with Crippen molar-refractivity contribution in [3.63, 3.8) is 0 Å².